The molecule has 0 saturated heterocycles. The van der Waals surface area contributed by atoms with Crippen molar-refractivity contribution in [1.29, 1.82) is 0 Å². The lowest BCUT2D eigenvalue weighted by Crippen LogP contribution is -2.12. The van der Waals surface area contributed by atoms with Crippen LogP contribution in [0, 0.1) is 0 Å². The van der Waals surface area contributed by atoms with Crippen molar-refractivity contribution in [3.8, 4) is 0 Å². The Morgan fingerprint density at radius 2 is 1.80 bits per heavy atom. The highest BCUT2D eigenvalue weighted by atomic mass is 35.5. The van der Waals surface area contributed by atoms with Gasteiger partial charge in [-0.2, -0.15) is 0 Å². The highest BCUT2D eigenvalue weighted by Crippen LogP contribution is 2.21. The van der Waals surface area contributed by atoms with E-state index in [0.29, 0.717) is 45.5 Å². The second-order valence-corrected chi connectivity index (χ2v) is 5.20. The molecule has 0 saturated carbocycles. The SMILES string of the molecule is COCCOCCOCCOC(C)c1nc(CCl)cs1. The number of hydrogen-bond donors (Lipinski definition) is 0. The van der Waals surface area contributed by atoms with Crippen LogP contribution < -0.4 is 0 Å². The maximum atomic E-state index is 5.72. The fourth-order valence-electron chi connectivity index (χ4n) is 1.39. The summed E-state index contributed by atoms with van der Waals surface area (Å²) in [6, 6.07) is 0. The number of nitrogens with zero attached hydrogens (tertiary/aromatic N) is 1. The topological polar surface area (TPSA) is 49.8 Å². The van der Waals surface area contributed by atoms with E-state index >= 15 is 0 Å². The highest BCUT2D eigenvalue weighted by Gasteiger charge is 2.10. The van der Waals surface area contributed by atoms with Gasteiger partial charge in [-0.25, -0.2) is 4.98 Å². The number of aromatic nitrogens is 1. The minimum absolute atomic E-state index is 0.0291. The molecule has 5 nitrogen and oxygen atoms in total. The predicted molar refractivity (Wildman–Crippen MR) is 79.6 cm³/mol. The molecule has 1 heterocycles. The molecule has 0 N–H and O–H groups in total. The summed E-state index contributed by atoms with van der Waals surface area (Å²) in [5.41, 5.74) is 0.895. The third kappa shape index (κ3) is 7.52. The average Bonchev–Trinajstić information content (AvgIpc) is 2.94. The Balaban J connectivity index is 1.98. The molecule has 1 aromatic heterocycles. The summed E-state index contributed by atoms with van der Waals surface area (Å²) in [4.78, 5) is 4.37. The van der Waals surface area contributed by atoms with Crippen LogP contribution in [-0.2, 0) is 24.8 Å². The Kier molecular flexibility index (Phi) is 10.2. The summed E-state index contributed by atoms with van der Waals surface area (Å²) in [6.45, 7) is 5.41. The summed E-state index contributed by atoms with van der Waals surface area (Å²) < 4.78 is 21.2. The van der Waals surface area contributed by atoms with Gasteiger partial charge in [0.05, 0.1) is 51.2 Å². The van der Waals surface area contributed by atoms with E-state index in [1.807, 2.05) is 12.3 Å². The summed E-state index contributed by atoms with van der Waals surface area (Å²) in [5.74, 6) is 0.440. The lowest BCUT2D eigenvalue weighted by molar-refractivity contribution is -0.0126. The molecular weight excluding hydrogens is 302 g/mol. The lowest BCUT2D eigenvalue weighted by atomic mass is 10.4. The molecule has 0 amide bonds. The van der Waals surface area contributed by atoms with Crippen molar-refractivity contribution in [3.05, 3.63) is 16.1 Å². The normalized spacial score (nSPS) is 12.8. The van der Waals surface area contributed by atoms with Gasteiger partial charge in [0.25, 0.3) is 0 Å². The van der Waals surface area contributed by atoms with E-state index in [9.17, 15) is 0 Å². The van der Waals surface area contributed by atoms with Crippen molar-refractivity contribution < 1.29 is 18.9 Å². The zero-order chi connectivity index (χ0) is 14.6. The van der Waals surface area contributed by atoms with Gasteiger partial charge in [-0.05, 0) is 6.92 Å². The Bertz CT molecular complexity index is 351. The molecule has 0 radical (unpaired) electrons. The summed E-state index contributed by atoms with van der Waals surface area (Å²) in [5, 5.41) is 2.90. The third-order valence-electron chi connectivity index (χ3n) is 2.45. The largest absolute Gasteiger partial charge is 0.382 e. The van der Waals surface area contributed by atoms with E-state index in [2.05, 4.69) is 4.98 Å². The Hall–Kier alpha value is -0.240. The molecular formula is C13H22ClNO4S. The molecule has 7 heteroatoms. The summed E-state index contributed by atoms with van der Waals surface area (Å²) in [7, 11) is 1.65. The fraction of sp³-hybridized carbons (Fsp3) is 0.769. The second kappa shape index (κ2) is 11.4. The maximum Gasteiger partial charge on any atom is 0.122 e. The van der Waals surface area contributed by atoms with E-state index in [1.54, 1.807) is 18.4 Å². The van der Waals surface area contributed by atoms with Crippen molar-refractivity contribution in [2.45, 2.75) is 18.9 Å². The number of thiazole rings is 1. The molecule has 1 unspecified atom stereocenters. The Morgan fingerprint density at radius 3 is 2.40 bits per heavy atom. The molecule has 0 aromatic carbocycles. The van der Waals surface area contributed by atoms with E-state index < -0.39 is 0 Å². The molecule has 116 valence electrons. The zero-order valence-electron chi connectivity index (χ0n) is 12.0. The monoisotopic (exact) mass is 323 g/mol. The molecule has 0 bridgehead atoms. The number of rotatable bonds is 12. The van der Waals surface area contributed by atoms with Crippen molar-refractivity contribution in [2.24, 2.45) is 0 Å². The van der Waals surface area contributed by atoms with Crippen LogP contribution in [0.25, 0.3) is 0 Å². The van der Waals surface area contributed by atoms with Crippen LogP contribution in [0.3, 0.4) is 0 Å². The Labute approximate surface area is 129 Å². The first-order valence-electron chi connectivity index (χ1n) is 6.54. The standard InChI is InChI=1S/C13H22ClNO4S/c1-11(13-15-12(9-14)10-20-13)19-8-7-18-6-5-17-4-3-16-2/h10-11H,3-9H2,1-2H3. The lowest BCUT2D eigenvalue weighted by Gasteiger charge is -2.10. The third-order valence-corrected chi connectivity index (χ3v) is 3.78. The van der Waals surface area contributed by atoms with Gasteiger partial charge in [0.1, 0.15) is 11.1 Å². The van der Waals surface area contributed by atoms with Gasteiger partial charge in [-0.1, -0.05) is 0 Å². The van der Waals surface area contributed by atoms with Crippen LogP contribution in [0.1, 0.15) is 23.7 Å². The van der Waals surface area contributed by atoms with E-state index in [4.69, 9.17) is 30.5 Å². The molecule has 0 aliphatic heterocycles. The van der Waals surface area contributed by atoms with Crippen LogP contribution in [0.5, 0.6) is 0 Å². The van der Waals surface area contributed by atoms with Crippen LogP contribution in [0.15, 0.2) is 5.38 Å². The van der Waals surface area contributed by atoms with Crippen LogP contribution >= 0.6 is 22.9 Å². The van der Waals surface area contributed by atoms with Crippen molar-refractivity contribution in [2.75, 3.05) is 46.8 Å². The second-order valence-electron chi connectivity index (χ2n) is 4.04. The quantitative estimate of drug-likeness (QED) is 0.437. The minimum Gasteiger partial charge on any atom is -0.382 e. The summed E-state index contributed by atoms with van der Waals surface area (Å²) in [6.07, 6.45) is -0.0291. The van der Waals surface area contributed by atoms with Gasteiger partial charge < -0.3 is 18.9 Å². The minimum atomic E-state index is -0.0291. The number of ether oxygens (including phenoxy) is 4. The van der Waals surface area contributed by atoms with E-state index in [1.165, 1.54) is 0 Å². The van der Waals surface area contributed by atoms with Gasteiger partial charge in [-0.3, -0.25) is 0 Å². The zero-order valence-corrected chi connectivity index (χ0v) is 13.5. The van der Waals surface area contributed by atoms with Gasteiger partial charge in [0.2, 0.25) is 0 Å². The predicted octanol–water partition coefficient (Wildman–Crippen LogP) is 2.64. The summed E-state index contributed by atoms with van der Waals surface area (Å²) >= 11 is 7.28. The number of alkyl halides is 1. The molecule has 20 heavy (non-hydrogen) atoms. The smallest absolute Gasteiger partial charge is 0.122 e. The first kappa shape index (κ1) is 17.8. The van der Waals surface area contributed by atoms with Gasteiger partial charge in [0, 0.05) is 12.5 Å². The molecule has 0 spiro atoms. The van der Waals surface area contributed by atoms with Gasteiger partial charge in [0.15, 0.2) is 0 Å². The molecule has 0 fully saturated rings. The Morgan fingerprint density at radius 1 is 1.15 bits per heavy atom. The number of hydrogen-bond acceptors (Lipinski definition) is 6. The first-order chi connectivity index (χ1) is 9.77. The fourth-order valence-corrected chi connectivity index (χ4v) is 2.44. The van der Waals surface area contributed by atoms with Crippen molar-refractivity contribution in [1.82, 2.24) is 4.98 Å². The molecule has 0 aliphatic carbocycles. The van der Waals surface area contributed by atoms with Crippen LogP contribution in [0.4, 0.5) is 0 Å². The van der Waals surface area contributed by atoms with E-state index in [0.717, 1.165) is 10.7 Å². The van der Waals surface area contributed by atoms with Crippen LogP contribution in [0.2, 0.25) is 0 Å². The molecule has 1 atom stereocenters. The highest BCUT2D eigenvalue weighted by molar-refractivity contribution is 7.09. The van der Waals surface area contributed by atoms with Gasteiger partial charge >= 0.3 is 0 Å². The average molecular weight is 324 g/mol. The number of halogens is 1. The molecule has 1 aromatic rings. The van der Waals surface area contributed by atoms with Crippen molar-refractivity contribution >= 4 is 22.9 Å². The van der Waals surface area contributed by atoms with Crippen LogP contribution in [-0.4, -0.2) is 51.7 Å². The number of methoxy groups -OCH3 is 1. The van der Waals surface area contributed by atoms with E-state index in [-0.39, 0.29) is 6.10 Å². The molecule has 1 rings (SSSR count). The maximum absolute atomic E-state index is 5.72. The van der Waals surface area contributed by atoms with Crippen molar-refractivity contribution in [3.63, 3.8) is 0 Å². The molecule has 0 aliphatic rings. The van der Waals surface area contributed by atoms with Gasteiger partial charge in [-0.15, -0.1) is 22.9 Å². The first-order valence-corrected chi connectivity index (χ1v) is 7.95.